The van der Waals surface area contributed by atoms with E-state index in [1.54, 1.807) is 13.0 Å². The molecule has 1 heterocycles. The van der Waals surface area contributed by atoms with Crippen LogP contribution in [0.1, 0.15) is 54.2 Å². The maximum atomic E-state index is 13.8. The summed E-state index contributed by atoms with van der Waals surface area (Å²) in [5.74, 6) is -0.132. The highest BCUT2D eigenvalue weighted by atomic mass is 19.1. The Bertz CT molecular complexity index is 630. The molecule has 3 heteroatoms. The zero-order valence-electron chi connectivity index (χ0n) is 12.1. The maximum absolute atomic E-state index is 13.8. The lowest BCUT2D eigenvalue weighted by Crippen LogP contribution is -2.19. The molecule has 1 aliphatic rings. The Morgan fingerprint density at radius 2 is 2.15 bits per heavy atom. The van der Waals surface area contributed by atoms with Crippen LogP contribution < -0.4 is 5.73 Å². The predicted octanol–water partition coefficient (Wildman–Crippen LogP) is 3.88. The van der Waals surface area contributed by atoms with Gasteiger partial charge in [0.2, 0.25) is 0 Å². The van der Waals surface area contributed by atoms with Gasteiger partial charge in [-0.3, -0.25) is 0 Å². The number of benzene rings is 1. The van der Waals surface area contributed by atoms with Gasteiger partial charge in [-0.2, -0.15) is 0 Å². The van der Waals surface area contributed by atoms with E-state index in [4.69, 9.17) is 5.73 Å². The van der Waals surface area contributed by atoms with Gasteiger partial charge in [0.15, 0.2) is 0 Å². The van der Waals surface area contributed by atoms with Gasteiger partial charge in [-0.15, -0.1) is 0 Å². The Morgan fingerprint density at radius 3 is 2.90 bits per heavy atom. The molecule has 1 aliphatic carbocycles. The van der Waals surface area contributed by atoms with E-state index in [9.17, 15) is 4.39 Å². The smallest absolute Gasteiger partial charge is 0.126 e. The molecule has 2 aromatic rings. The van der Waals surface area contributed by atoms with Crippen molar-refractivity contribution in [3.8, 4) is 0 Å². The van der Waals surface area contributed by atoms with Gasteiger partial charge in [0, 0.05) is 17.9 Å². The summed E-state index contributed by atoms with van der Waals surface area (Å²) in [5.41, 5.74) is 10.4. The van der Waals surface area contributed by atoms with Crippen molar-refractivity contribution in [3.63, 3.8) is 0 Å². The van der Waals surface area contributed by atoms with Gasteiger partial charge in [0.1, 0.15) is 5.82 Å². The SMILES string of the molecule is Cc1ccc(C(C)n2ccc3c2CCCC3N)cc1F. The van der Waals surface area contributed by atoms with Crippen LogP contribution in [0.5, 0.6) is 0 Å². The van der Waals surface area contributed by atoms with Crippen molar-refractivity contribution in [2.24, 2.45) is 5.73 Å². The molecule has 1 aromatic carbocycles. The van der Waals surface area contributed by atoms with Gasteiger partial charge in [-0.05, 0) is 61.9 Å². The quantitative estimate of drug-likeness (QED) is 0.883. The Balaban J connectivity index is 1.98. The summed E-state index contributed by atoms with van der Waals surface area (Å²) in [5, 5.41) is 0. The van der Waals surface area contributed by atoms with Crippen molar-refractivity contribution in [3.05, 3.63) is 58.7 Å². The summed E-state index contributed by atoms with van der Waals surface area (Å²) in [6, 6.07) is 7.93. The van der Waals surface area contributed by atoms with Gasteiger partial charge in [0.05, 0.1) is 6.04 Å². The summed E-state index contributed by atoms with van der Waals surface area (Å²) in [6.45, 7) is 3.91. The highest BCUT2D eigenvalue weighted by Gasteiger charge is 2.22. The topological polar surface area (TPSA) is 30.9 Å². The van der Waals surface area contributed by atoms with Crippen molar-refractivity contribution in [2.45, 2.75) is 45.2 Å². The van der Waals surface area contributed by atoms with Crippen LogP contribution in [0.4, 0.5) is 4.39 Å². The molecule has 0 aliphatic heterocycles. The molecule has 2 nitrogen and oxygen atoms in total. The molecular weight excluding hydrogens is 251 g/mol. The molecule has 0 radical (unpaired) electrons. The van der Waals surface area contributed by atoms with E-state index in [-0.39, 0.29) is 17.9 Å². The molecule has 106 valence electrons. The van der Waals surface area contributed by atoms with Gasteiger partial charge in [-0.25, -0.2) is 4.39 Å². The second-order valence-corrected chi connectivity index (χ2v) is 5.81. The minimum absolute atomic E-state index is 0.132. The number of fused-ring (bicyclic) bond motifs is 1. The molecule has 0 amide bonds. The lowest BCUT2D eigenvalue weighted by atomic mass is 9.93. The third-order valence-electron chi connectivity index (χ3n) is 4.48. The van der Waals surface area contributed by atoms with Crippen LogP contribution in [0.25, 0.3) is 0 Å². The summed E-state index contributed by atoms with van der Waals surface area (Å²) >= 11 is 0. The largest absolute Gasteiger partial charge is 0.344 e. The summed E-state index contributed by atoms with van der Waals surface area (Å²) in [7, 11) is 0. The molecule has 0 spiro atoms. The average molecular weight is 272 g/mol. The van der Waals surface area contributed by atoms with E-state index in [1.165, 1.54) is 11.3 Å². The monoisotopic (exact) mass is 272 g/mol. The number of nitrogens with zero attached hydrogens (tertiary/aromatic N) is 1. The first-order chi connectivity index (χ1) is 9.58. The van der Waals surface area contributed by atoms with Crippen LogP contribution >= 0.6 is 0 Å². The summed E-state index contributed by atoms with van der Waals surface area (Å²) < 4.78 is 16.0. The Kier molecular flexibility index (Phi) is 3.38. The molecule has 1 aromatic heterocycles. The van der Waals surface area contributed by atoms with Crippen LogP contribution in [-0.4, -0.2) is 4.57 Å². The maximum Gasteiger partial charge on any atom is 0.126 e. The van der Waals surface area contributed by atoms with Crippen LogP contribution in [0.2, 0.25) is 0 Å². The van der Waals surface area contributed by atoms with E-state index >= 15 is 0 Å². The second kappa shape index (κ2) is 5.06. The van der Waals surface area contributed by atoms with Crippen molar-refractivity contribution in [1.29, 1.82) is 0 Å². The molecule has 2 unspecified atom stereocenters. The highest BCUT2D eigenvalue weighted by molar-refractivity contribution is 5.32. The molecule has 0 saturated heterocycles. The van der Waals surface area contributed by atoms with Crippen molar-refractivity contribution >= 4 is 0 Å². The number of rotatable bonds is 2. The standard InChI is InChI=1S/C17H21FN2/c1-11-6-7-13(10-15(11)18)12(2)20-9-8-14-16(19)4-3-5-17(14)20/h6-10,12,16H,3-5,19H2,1-2H3. The number of hydrogen-bond acceptors (Lipinski definition) is 1. The van der Waals surface area contributed by atoms with Crippen LogP contribution in [0.15, 0.2) is 30.5 Å². The fraction of sp³-hybridized carbons (Fsp3) is 0.412. The molecule has 2 N–H and O–H groups in total. The van der Waals surface area contributed by atoms with E-state index in [0.717, 1.165) is 24.8 Å². The Morgan fingerprint density at radius 1 is 1.35 bits per heavy atom. The Hall–Kier alpha value is -1.61. The number of halogens is 1. The normalized spacial score (nSPS) is 19.7. The lowest BCUT2D eigenvalue weighted by Gasteiger charge is -2.24. The van der Waals surface area contributed by atoms with Crippen molar-refractivity contribution < 1.29 is 4.39 Å². The third-order valence-corrected chi connectivity index (χ3v) is 4.48. The Labute approximate surface area is 119 Å². The van der Waals surface area contributed by atoms with Crippen LogP contribution in [-0.2, 0) is 6.42 Å². The van der Waals surface area contributed by atoms with Gasteiger partial charge in [-0.1, -0.05) is 12.1 Å². The summed E-state index contributed by atoms with van der Waals surface area (Å²) in [6.07, 6.45) is 5.35. The lowest BCUT2D eigenvalue weighted by molar-refractivity contribution is 0.523. The zero-order valence-corrected chi connectivity index (χ0v) is 12.1. The third kappa shape index (κ3) is 2.16. The van der Waals surface area contributed by atoms with Gasteiger partial charge >= 0.3 is 0 Å². The number of nitrogens with two attached hydrogens (primary N) is 1. The fourth-order valence-corrected chi connectivity index (χ4v) is 3.14. The molecule has 0 bridgehead atoms. The number of aryl methyl sites for hydroxylation is 1. The first-order valence-electron chi connectivity index (χ1n) is 7.29. The first-order valence-corrected chi connectivity index (χ1v) is 7.29. The molecule has 2 atom stereocenters. The fourth-order valence-electron chi connectivity index (χ4n) is 3.14. The van der Waals surface area contributed by atoms with Crippen molar-refractivity contribution in [2.75, 3.05) is 0 Å². The minimum Gasteiger partial charge on any atom is -0.344 e. The van der Waals surface area contributed by atoms with Gasteiger partial charge < -0.3 is 10.3 Å². The zero-order chi connectivity index (χ0) is 14.3. The second-order valence-electron chi connectivity index (χ2n) is 5.81. The molecular formula is C17H21FN2. The van der Waals surface area contributed by atoms with Crippen LogP contribution in [0.3, 0.4) is 0 Å². The van der Waals surface area contributed by atoms with E-state index in [2.05, 4.69) is 23.8 Å². The molecule has 3 rings (SSSR count). The van der Waals surface area contributed by atoms with E-state index in [0.29, 0.717) is 5.56 Å². The summed E-state index contributed by atoms with van der Waals surface area (Å²) in [4.78, 5) is 0. The van der Waals surface area contributed by atoms with Gasteiger partial charge in [0.25, 0.3) is 0 Å². The average Bonchev–Trinajstić information content (AvgIpc) is 2.86. The van der Waals surface area contributed by atoms with Crippen LogP contribution in [0, 0.1) is 12.7 Å². The van der Waals surface area contributed by atoms with E-state index < -0.39 is 0 Å². The minimum atomic E-state index is -0.132. The first kappa shape index (κ1) is 13.4. The molecule has 0 saturated carbocycles. The highest BCUT2D eigenvalue weighted by Crippen LogP contribution is 2.32. The molecule has 20 heavy (non-hydrogen) atoms. The predicted molar refractivity (Wildman–Crippen MR) is 79.2 cm³/mol. The van der Waals surface area contributed by atoms with E-state index in [1.807, 2.05) is 12.1 Å². The number of hydrogen-bond donors (Lipinski definition) is 1. The van der Waals surface area contributed by atoms with Crippen molar-refractivity contribution in [1.82, 2.24) is 4.57 Å². The number of aromatic nitrogens is 1. The molecule has 0 fully saturated rings.